The summed E-state index contributed by atoms with van der Waals surface area (Å²) in [4.78, 5) is 0. The Morgan fingerprint density at radius 1 is 1.40 bits per heavy atom. The van der Waals surface area contributed by atoms with Gasteiger partial charge in [0.1, 0.15) is 0 Å². The molecule has 0 saturated heterocycles. The molecule has 0 aromatic carbocycles. The van der Waals surface area contributed by atoms with Crippen LogP contribution in [-0.2, 0) is 4.74 Å². The van der Waals surface area contributed by atoms with E-state index in [1.807, 2.05) is 0 Å². The summed E-state index contributed by atoms with van der Waals surface area (Å²) in [6.07, 6.45) is 13.8. The van der Waals surface area contributed by atoms with Crippen LogP contribution < -0.4 is 0 Å². The molecule has 1 unspecified atom stereocenters. The zero-order chi connectivity index (χ0) is 10.9. The quantitative estimate of drug-likeness (QED) is 0.600. The fraction of sp³-hybridized carbons (Fsp3) is 0.714. The van der Waals surface area contributed by atoms with Gasteiger partial charge in [-0.25, -0.2) is 0 Å². The van der Waals surface area contributed by atoms with Crippen LogP contribution in [0.15, 0.2) is 24.0 Å². The molecule has 0 aromatic heterocycles. The lowest BCUT2D eigenvalue weighted by Crippen LogP contribution is -2.09. The third-order valence-electron chi connectivity index (χ3n) is 3.02. The van der Waals surface area contributed by atoms with E-state index in [1.165, 1.54) is 31.4 Å². The van der Waals surface area contributed by atoms with Gasteiger partial charge in [-0.15, -0.1) is 0 Å². The molecule has 0 radical (unpaired) electrons. The standard InChI is InChI=1S/C14H24O/c1-3-5-9-13(4-2)12-15-14-10-7-6-8-11-14/h6-7,10,13H,3-5,8-9,11-12H2,1-2H3. The molecule has 0 fully saturated rings. The summed E-state index contributed by atoms with van der Waals surface area (Å²) in [7, 11) is 0. The first-order valence-corrected chi connectivity index (χ1v) is 6.35. The third-order valence-corrected chi connectivity index (χ3v) is 3.02. The molecule has 1 rings (SSSR count). The lowest BCUT2D eigenvalue weighted by Gasteiger charge is -2.18. The Morgan fingerprint density at radius 2 is 2.27 bits per heavy atom. The van der Waals surface area contributed by atoms with Crippen LogP contribution in [0.2, 0.25) is 0 Å². The second kappa shape index (κ2) is 7.56. The SMILES string of the molecule is CCCCC(CC)COC1=CC=CCC1. The first-order valence-electron chi connectivity index (χ1n) is 6.35. The minimum absolute atomic E-state index is 0.747. The molecule has 1 atom stereocenters. The summed E-state index contributed by atoms with van der Waals surface area (Å²) in [6.45, 7) is 5.43. The van der Waals surface area contributed by atoms with Gasteiger partial charge in [-0.2, -0.15) is 0 Å². The Balaban J connectivity index is 2.20. The van der Waals surface area contributed by atoms with Crippen molar-refractivity contribution in [2.45, 2.75) is 52.4 Å². The lowest BCUT2D eigenvalue weighted by atomic mass is 10.0. The second-order valence-electron chi connectivity index (χ2n) is 4.33. The molecule has 0 N–H and O–H groups in total. The van der Waals surface area contributed by atoms with Gasteiger partial charge in [-0.3, -0.25) is 0 Å². The van der Waals surface area contributed by atoms with E-state index in [9.17, 15) is 0 Å². The van der Waals surface area contributed by atoms with Crippen molar-refractivity contribution in [2.75, 3.05) is 6.61 Å². The Kier molecular flexibility index (Phi) is 6.22. The molecular formula is C14H24O. The largest absolute Gasteiger partial charge is 0.498 e. The lowest BCUT2D eigenvalue weighted by molar-refractivity contribution is 0.149. The second-order valence-corrected chi connectivity index (χ2v) is 4.33. The monoisotopic (exact) mass is 208 g/mol. The number of hydrogen-bond acceptors (Lipinski definition) is 1. The highest BCUT2D eigenvalue weighted by Gasteiger charge is 2.08. The molecule has 1 aliphatic rings. The van der Waals surface area contributed by atoms with Gasteiger partial charge in [0, 0.05) is 6.42 Å². The van der Waals surface area contributed by atoms with Crippen molar-refractivity contribution >= 4 is 0 Å². The Hall–Kier alpha value is -0.720. The van der Waals surface area contributed by atoms with E-state index in [1.54, 1.807) is 0 Å². The van der Waals surface area contributed by atoms with E-state index >= 15 is 0 Å². The van der Waals surface area contributed by atoms with Crippen LogP contribution in [0.25, 0.3) is 0 Å². The van der Waals surface area contributed by atoms with E-state index in [0.717, 1.165) is 25.4 Å². The fourth-order valence-electron chi connectivity index (χ4n) is 1.82. The van der Waals surface area contributed by atoms with Crippen molar-refractivity contribution in [2.24, 2.45) is 5.92 Å². The summed E-state index contributed by atoms with van der Waals surface area (Å²) in [6, 6.07) is 0. The number of hydrogen-bond donors (Lipinski definition) is 0. The Morgan fingerprint density at radius 3 is 2.87 bits per heavy atom. The summed E-state index contributed by atoms with van der Waals surface area (Å²) in [5.41, 5.74) is 0. The van der Waals surface area contributed by atoms with E-state index in [2.05, 4.69) is 32.1 Å². The molecule has 0 bridgehead atoms. The van der Waals surface area contributed by atoms with Gasteiger partial charge in [0.15, 0.2) is 0 Å². The van der Waals surface area contributed by atoms with Gasteiger partial charge in [0.2, 0.25) is 0 Å². The minimum atomic E-state index is 0.747. The van der Waals surface area contributed by atoms with Crippen molar-refractivity contribution in [3.63, 3.8) is 0 Å². The van der Waals surface area contributed by atoms with Gasteiger partial charge in [-0.05, 0) is 24.8 Å². The van der Waals surface area contributed by atoms with Crippen LogP contribution in [0.5, 0.6) is 0 Å². The van der Waals surface area contributed by atoms with Gasteiger partial charge < -0.3 is 4.74 Å². The van der Waals surface area contributed by atoms with E-state index < -0.39 is 0 Å². The number of rotatable bonds is 7. The average Bonchev–Trinajstić information content (AvgIpc) is 2.31. The minimum Gasteiger partial charge on any atom is -0.498 e. The highest BCUT2D eigenvalue weighted by atomic mass is 16.5. The van der Waals surface area contributed by atoms with Gasteiger partial charge in [-0.1, -0.05) is 45.3 Å². The van der Waals surface area contributed by atoms with Crippen molar-refractivity contribution in [1.29, 1.82) is 0 Å². The van der Waals surface area contributed by atoms with E-state index in [4.69, 9.17) is 4.74 Å². The van der Waals surface area contributed by atoms with Crippen LogP contribution in [0.1, 0.15) is 52.4 Å². The van der Waals surface area contributed by atoms with Crippen LogP contribution in [0.3, 0.4) is 0 Å². The van der Waals surface area contributed by atoms with Crippen molar-refractivity contribution in [3.05, 3.63) is 24.0 Å². The molecular weight excluding hydrogens is 184 g/mol. The molecule has 1 nitrogen and oxygen atoms in total. The molecule has 0 aromatic rings. The first kappa shape index (κ1) is 12.4. The molecule has 1 aliphatic carbocycles. The summed E-state index contributed by atoms with van der Waals surface area (Å²) in [5, 5.41) is 0. The van der Waals surface area contributed by atoms with Crippen LogP contribution in [0.4, 0.5) is 0 Å². The normalized spacial score (nSPS) is 17.3. The molecule has 0 aliphatic heterocycles. The highest BCUT2D eigenvalue weighted by molar-refractivity contribution is 5.12. The zero-order valence-electron chi connectivity index (χ0n) is 10.2. The maximum absolute atomic E-state index is 5.84. The average molecular weight is 208 g/mol. The topological polar surface area (TPSA) is 9.23 Å². The predicted molar refractivity (Wildman–Crippen MR) is 65.7 cm³/mol. The maximum atomic E-state index is 5.84. The van der Waals surface area contributed by atoms with Gasteiger partial charge in [0.25, 0.3) is 0 Å². The summed E-state index contributed by atoms with van der Waals surface area (Å²) < 4.78 is 5.84. The van der Waals surface area contributed by atoms with Crippen LogP contribution in [0, 0.1) is 5.92 Å². The maximum Gasteiger partial charge on any atom is 0.0962 e. The van der Waals surface area contributed by atoms with Crippen LogP contribution in [-0.4, -0.2) is 6.61 Å². The summed E-state index contributed by atoms with van der Waals surface area (Å²) in [5.74, 6) is 1.92. The fourth-order valence-corrected chi connectivity index (χ4v) is 1.82. The van der Waals surface area contributed by atoms with Crippen molar-refractivity contribution in [3.8, 4) is 0 Å². The highest BCUT2D eigenvalue weighted by Crippen LogP contribution is 2.18. The van der Waals surface area contributed by atoms with Gasteiger partial charge in [0.05, 0.1) is 12.4 Å². The Labute approximate surface area is 94.2 Å². The van der Waals surface area contributed by atoms with Crippen molar-refractivity contribution in [1.82, 2.24) is 0 Å². The van der Waals surface area contributed by atoms with E-state index in [0.29, 0.717) is 0 Å². The number of unbranched alkanes of at least 4 members (excludes halogenated alkanes) is 1. The molecule has 1 heteroatoms. The van der Waals surface area contributed by atoms with Crippen LogP contribution >= 0.6 is 0 Å². The molecule has 0 saturated carbocycles. The predicted octanol–water partition coefficient (Wildman–Crippen LogP) is 4.45. The smallest absolute Gasteiger partial charge is 0.0962 e. The molecule has 86 valence electrons. The van der Waals surface area contributed by atoms with Gasteiger partial charge >= 0.3 is 0 Å². The molecule has 0 heterocycles. The zero-order valence-corrected chi connectivity index (χ0v) is 10.2. The molecule has 0 spiro atoms. The number of ether oxygens (including phenoxy) is 1. The number of allylic oxidation sites excluding steroid dienone is 4. The third kappa shape index (κ3) is 5.06. The van der Waals surface area contributed by atoms with Crippen molar-refractivity contribution < 1.29 is 4.74 Å². The molecule has 15 heavy (non-hydrogen) atoms. The van der Waals surface area contributed by atoms with E-state index in [-0.39, 0.29) is 0 Å². The first-order chi connectivity index (χ1) is 7.36. The Bertz CT molecular complexity index is 215. The summed E-state index contributed by atoms with van der Waals surface area (Å²) >= 11 is 0. The molecule has 0 amide bonds.